The number of hydrogen-bond donors (Lipinski definition) is 1. The maximum atomic E-state index is 13.3. The molecule has 0 heterocycles. The van der Waals surface area contributed by atoms with Crippen LogP contribution in [0.15, 0.2) is 24.3 Å². The first-order valence-electron chi connectivity index (χ1n) is 7.98. The van der Waals surface area contributed by atoms with Crippen molar-refractivity contribution in [2.24, 2.45) is 5.73 Å². The molecule has 114 valence electrons. The third kappa shape index (κ3) is 6.90. The Balaban J connectivity index is 2.40. The highest BCUT2D eigenvalue weighted by Crippen LogP contribution is 2.17. The van der Waals surface area contributed by atoms with Gasteiger partial charge in [0.25, 0.3) is 0 Å². The second kappa shape index (κ2) is 10.7. The van der Waals surface area contributed by atoms with Crippen LogP contribution in [0.25, 0.3) is 0 Å². The Bertz CT molecular complexity index is 355. The highest BCUT2D eigenvalue weighted by molar-refractivity contribution is 5.46. The molecule has 0 bridgehead atoms. The first-order chi connectivity index (χ1) is 9.77. The zero-order valence-electron chi connectivity index (χ0n) is 12.8. The lowest BCUT2D eigenvalue weighted by Crippen LogP contribution is -2.27. The van der Waals surface area contributed by atoms with E-state index in [2.05, 4.69) is 11.8 Å². The van der Waals surface area contributed by atoms with Gasteiger partial charge < -0.3 is 10.6 Å². The van der Waals surface area contributed by atoms with Gasteiger partial charge in [-0.2, -0.15) is 0 Å². The van der Waals surface area contributed by atoms with E-state index in [1.807, 2.05) is 6.07 Å². The molecule has 0 saturated heterocycles. The second-order valence-corrected chi connectivity index (χ2v) is 5.38. The third-order valence-electron chi connectivity index (χ3n) is 3.59. The van der Waals surface area contributed by atoms with E-state index < -0.39 is 0 Å². The summed E-state index contributed by atoms with van der Waals surface area (Å²) in [5.41, 5.74) is 6.57. The van der Waals surface area contributed by atoms with Gasteiger partial charge in [0.1, 0.15) is 5.82 Å². The van der Waals surface area contributed by atoms with E-state index in [0.717, 1.165) is 25.2 Å². The van der Waals surface area contributed by atoms with Crippen molar-refractivity contribution in [2.45, 2.75) is 51.9 Å². The van der Waals surface area contributed by atoms with Crippen molar-refractivity contribution in [3.05, 3.63) is 30.1 Å². The van der Waals surface area contributed by atoms with Crippen LogP contribution in [0.4, 0.5) is 10.1 Å². The minimum Gasteiger partial charge on any atom is -0.371 e. The van der Waals surface area contributed by atoms with Gasteiger partial charge in [0.05, 0.1) is 0 Å². The van der Waals surface area contributed by atoms with Gasteiger partial charge in [-0.3, -0.25) is 0 Å². The maximum Gasteiger partial charge on any atom is 0.125 e. The van der Waals surface area contributed by atoms with Crippen LogP contribution in [0.1, 0.15) is 51.9 Å². The zero-order chi connectivity index (χ0) is 14.6. The Labute approximate surface area is 123 Å². The van der Waals surface area contributed by atoms with E-state index in [-0.39, 0.29) is 5.82 Å². The lowest BCUT2D eigenvalue weighted by Gasteiger charge is -2.24. The summed E-state index contributed by atoms with van der Waals surface area (Å²) in [6.07, 6.45) is 8.64. The van der Waals surface area contributed by atoms with Crippen LogP contribution in [0.3, 0.4) is 0 Å². The molecule has 0 fully saturated rings. The van der Waals surface area contributed by atoms with Crippen molar-refractivity contribution in [1.82, 2.24) is 0 Å². The number of benzene rings is 1. The molecule has 2 N–H and O–H groups in total. The predicted octanol–water partition coefficient (Wildman–Crippen LogP) is 4.34. The number of anilines is 1. The number of halogens is 1. The minimum absolute atomic E-state index is 0.164. The number of unbranched alkanes of at least 4 members (excludes halogenated alkanes) is 5. The maximum absolute atomic E-state index is 13.3. The molecule has 0 amide bonds. The fraction of sp³-hybridized carbons (Fsp3) is 0.647. The first-order valence-corrected chi connectivity index (χ1v) is 7.98. The standard InChI is InChI=1S/C17H29FN2/c1-2-3-4-5-6-7-13-20(14-9-12-19)17-11-8-10-16(18)15-17/h8,10-11,15H,2-7,9,12-14,19H2,1H3. The molecule has 0 aliphatic rings. The molecule has 1 aromatic carbocycles. The van der Waals surface area contributed by atoms with Crippen molar-refractivity contribution in [1.29, 1.82) is 0 Å². The van der Waals surface area contributed by atoms with E-state index >= 15 is 0 Å². The fourth-order valence-electron chi connectivity index (χ4n) is 2.41. The Morgan fingerprint density at radius 3 is 2.40 bits per heavy atom. The van der Waals surface area contributed by atoms with Gasteiger partial charge in [-0.1, -0.05) is 45.1 Å². The molecule has 0 saturated carbocycles. The monoisotopic (exact) mass is 280 g/mol. The van der Waals surface area contributed by atoms with E-state index in [0.29, 0.717) is 6.54 Å². The van der Waals surface area contributed by atoms with E-state index in [1.54, 1.807) is 12.1 Å². The lowest BCUT2D eigenvalue weighted by molar-refractivity contribution is 0.592. The van der Waals surface area contributed by atoms with Crippen molar-refractivity contribution < 1.29 is 4.39 Å². The van der Waals surface area contributed by atoms with Gasteiger partial charge >= 0.3 is 0 Å². The summed E-state index contributed by atoms with van der Waals surface area (Å²) < 4.78 is 13.3. The van der Waals surface area contributed by atoms with Crippen LogP contribution in [-0.2, 0) is 0 Å². The summed E-state index contributed by atoms with van der Waals surface area (Å²) in [7, 11) is 0. The Morgan fingerprint density at radius 1 is 1.00 bits per heavy atom. The average molecular weight is 280 g/mol. The fourth-order valence-corrected chi connectivity index (χ4v) is 2.41. The van der Waals surface area contributed by atoms with Crippen LogP contribution >= 0.6 is 0 Å². The van der Waals surface area contributed by atoms with Gasteiger partial charge in [0, 0.05) is 18.8 Å². The summed E-state index contributed by atoms with van der Waals surface area (Å²) in [4.78, 5) is 2.26. The molecule has 0 atom stereocenters. The number of nitrogens with zero attached hydrogens (tertiary/aromatic N) is 1. The lowest BCUT2D eigenvalue weighted by atomic mass is 10.1. The molecule has 0 unspecified atom stereocenters. The molecule has 0 radical (unpaired) electrons. The Morgan fingerprint density at radius 2 is 1.70 bits per heavy atom. The van der Waals surface area contributed by atoms with E-state index in [4.69, 9.17) is 5.73 Å². The molecule has 1 aromatic rings. The van der Waals surface area contributed by atoms with Crippen LogP contribution in [0, 0.1) is 5.82 Å². The predicted molar refractivity (Wildman–Crippen MR) is 85.7 cm³/mol. The van der Waals surface area contributed by atoms with Gasteiger partial charge in [0.2, 0.25) is 0 Å². The number of hydrogen-bond acceptors (Lipinski definition) is 2. The Kier molecular flexibility index (Phi) is 9.05. The molecule has 1 rings (SSSR count). The van der Waals surface area contributed by atoms with Gasteiger partial charge in [0.15, 0.2) is 0 Å². The van der Waals surface area contributed by atoms with Crippen molar-refractivity contribution in [3.63, 3.8) is 0 Å². The summed E-state index contributed by atoms with van der Waals surface area (Å²) in [5.74, 6) is -0.164. The molecule has 0 spiro atoms. The van der Waals surface area contributed by atoms with Gasteiger partial charge in [-0.25, -0.2) is 4.39 Å². The molecule has 0 aliphatic carbocycles. The zero-order valence-corrected chi connectivity index (χ0v) is 12.8. The first kappa shape index (κ1) is 17.0. The van der Waals surface area contributed by atoms with Crippen molar-refractivity contribution in [2.75, 3.05) is 24.5 Å². The highest BCUT2D eigenvalue weighted by Gasteiger charge is 2.06. The molecule has 20 heavy (non-hydrogen) atoms. The van der Waals surface area contributed by atoms with Crippen LogP contribution < -0.4 is 10.6 Å². The van der Waals surface area contributed by atoms with Crippen molar-refractivity contribution >= 4 is 5.69 Å². The summed E-state index contributed by atoms with van der Waals surface area (Å²) in [6.45, 7) is 4.82. The van der Waals surface area contributed by atoms with Crippen molar-refractivity contribution in [3.8, 4) is 0 Å². The molecular weight excluding hydrogens is 251 g/mol. The minimum atomic E-state index is -0.164. The number of rotatable bonds is 11. The quantitative estimate of drug-likeness (QED) is 0.611. The molecule has 0 aliphatic heterocycles. The largest absolute Gasteiger partial charge is 0.371 e. The van der Waals surface area contributed by atoms with E-state index in [9.17, 15) is 4.39 Å². The van der Waals surface area contributed by atoms with Crippen LogP contribution in [-0.4, -0.2) is 19.6 Å². The number of nitrogens with two attached hydrogens (primary N) is 1. The Hall–Kier alpha value is -1.09. The topological polar surface area (TPSA) is 29.3 Å². The SMILES string of the molecule is CCCCCCCCN(CCCN)c1cccc(F)c1. The molecule has 0 aromatic heterocycles. The van der Waals surface area contributed by atoms with Gasteiger partial charge in [-0.15, -0.1) is 0 Å². The van der Waals surface area contributed by atoms with E-state index in [1.165, 1.54) is 44.6 Å². The smallest absolute Gasteiger partial charge is 0.125 e. The summed E-state index contributed by atoms with van der Waals surface area (Å²) >= 11 is 0. The average Bonchev–Trinajstić information content (AvgIpc) is 2.45. The third-order valence-corrected chi connectivity index (χ3v) is 3.59. The van der Waals surface area contributed by atoms with Crippen LogP contribution in [0.2, 0.25) is 0 Å². The highest BCUT2D eigenvalue weighted by atomic mass is 19.1. The normalized spacial score (nSPS) is 10.8. The molecule has 3 heteroatoms. The van der Waals surface area contributed by atoms with Gasteiger partial charge in [-0.05, 0) is 37.6 Å². The molecular formula is C17H29FN2. The summed E-state index contributed by atoms with van der Waals surface area (Å²) in [5, 5.41) is 0. The van der Waals surface area contributed by atoms with Crippen LogP contribution in [0.5, 0.6) is 0 Å². The molecule has 2 nitrogen and oxygen atoms in total. The second-order valence-electron chi connectivity index (χ2n) is 5.38. The summed E-state index contributed by atoms with van der Waals surface area (Å²) in [6, 6.07) is 6.88.